The summed E-state index contributed by atoms with van der Waals surface area (Å²) in [6.07, 6.45) is 8.82. The molecule has 2 rings (SSSR count). The van der Waals surface area contributed by atoms with Crippen LogP contribution in [-0.2, 0) is 6.54 Å². The van der Waals surface area contributed by atoms with Gasteiger partial charge in [-0.25, -0.2) is 0 Å². The lowest BCUT2D eigenvalue weighted by Crippen LogP contribution is -2.40. The number of aryl methyl sites for hydroxylation is 1. The van der Waals surface area contributed by atoms with E-state index < -0.39 is 0 Å². The van der Waals surface area contributed by atoms with Crippen molar-refractivity contribution in [1.29, 1.82) is 0 Å². The van der Waals surface area contributed by atoms with E-state index in [0.29, 0.717) is 12.1 Å². The summed E-state index contributed by atoms with van der Waals surface area (Å²) in [4.78, 5) is 0. The molecule has 16 heavy (non-hydrogen) atoms. The predicted octanol–water partition coefficient (Wildman–Crippen LogP) is 1.05. The van der Waals surface area contributed by atoms with Crippen molar-refractivity contribution in [2.24, 2.45) is 5.73 Å². The molecule has 1 aliphatic carbocycles. The van der Waals surface area contributed by atoms with Crippen LogP contribution in [0.1, 0.15) is 31.2 Å². The van der Waals surface area contributed by atoms with E-state index in [2.05, 4.69) is 23.5 Å². The molecule has 0 aromatic carbocycles. The summed E-state index contributed by atoms with van der Waals surface area (Å²) in [7, 11) is 0. The van der Waals surface area contributed by atoms with E-state index in [9.17, 15) is 0 Å². The second kappa shape index (κ2) is 5.46. The molecular formula is C12H22N4. The smallest absolute Gasteiger partial charge is 0.0534 e. The third-order valence-corrected chi connectivity index (χ3v) is 3.25. The van der Waals surface area contributed by atoms with Crippen molar-refractivity contribution < 1.29 is 0 Å². The van der Waals surface area contributed by atoms with E-state index in [0.717, 1.165) is 19.5 Å². The molecule has 1 aliphatic rings. The average Bonchev–Trinajstić information content (AvgIpc) is 2.64. The van der Waals surface area contributed by atoms with Gasteiger partial charge in [0.25, 0.3) is 0 Å². The summed E-state index contributed by atoms with van der Waals surface area (Å²) in [5.41, 5.74) is 7.18. The molecular weight excluding hydrogens is 200 g/mol. The van der Waals surface area contributed by atoms with Crippen LogP contribution in [0, 0.1) is 6.92 Å². The number of nitrogens with one attached hydrogen (secondary N) is 1. The third-order valence-electron chi connectivity index (χ3n) is 3.25. The van der Waals surface area contributed by atoms with Gasteiger partial charge in [0.1, 0.15) is 0 Å². The summed E-state index contributed by atoms with van der Waals surface area (Å²) in [6.45, 7) is 4.00. The number of nitrogens with zero attached hydrogens (tertiary/aromatic N) is 2. The van der Waals surface area contributed by atoms with Crippen molar-refractivity contribution in [1.82, 2.24) is 15.1 Å². The van der Waals surface area contributed by atoms with Crippen molar-refractivity contribution in [3.63, 3.8) is 0 Å². The van der Waals surface area contributed by atoms with Crippen molar-refractivity contribution in [3.8, 4) is 0 Å². The minimum atomic E-state index is 0.401. The molecule has 0 spiro atoms. The van der Waals surface area contributed by atoms with Crippen LogP contribution in [0.5, 0.6) is 0 Å². The fourth-order valence-electron chi connectivity index (χ4n) is 2.39. The van der Waals surface area contributed by atoms with Crippen LogP contribution < -0.4 is 11.1 Å². The van der Waals surface area contributed by atoms with Crippen LogP contribution in [0.4, 0.5) is 0 Å². The Kier molecular flexibility index (Phi) is 3.96. The third kappa shape index (κ3) is 3.32. The number of rotatable bonds is 4. The molecule has 1 aromatic heterocycles. The largest absolute Gasteiger partial charge is 0.328 e. The van der Waals surface area contributed by atoms with E-state index in [1.54, 1.807) is 0 Å². The zero-order chi connectivity index (χ0) is 11.4. The standard InChI is InChI=1S/C12H22N4/c1-10-8-15-16(9-10)6-5-14-12-4-2-3-11(13)7-12/h8-9,11-12,14H,2-7,13H2,1H3. The van der Waals surface area contributed by atoms with Gasteiger partial charge in [0.05, 0.1) is 12.7 Å². The van der Waals surface area contributed by atoms with E-state index in [-0.39, 0.29) is 0 Å². The first-order chi connectivity index (χ1) is 7.74. The summed E-state index contributed by atoms with van der Waals surface area (Å²) < 4.78 is 1.99. The summed E-state index contributed by atoms with van der Waals surface area (Å²) >= 11 is 0. The van der Waals surface area contributed by atoms with Crippen LogP contribution in [0.2, 0.25) is 0 Å². The lowest BCUT2D eigenvalue weighted by atomic mass is 9.92. The summed E-state index contributed by atoms with van der Waals surface area (Å²) in [6, 6.07) is 1.01. The number of hydrogen-bond donors (Lipinski definition) is 2. The average molecular weight is 222 g/mol. The molecule has 0 radical (unpaired) electrons. The van der Waals surface area contributed by atoms with Gasteiger partial charge < -0.3 is 11.1 Å². The highest BCUT2D eigenvalue weighted by Gasteiger charge is 2.18. The van der Waals surface area contributed by atoms with Crippen molar-refractivity contribution in [3.05, 3.63) is 18.0 Å². The fourth-order valence-corrected chi connectivity index (χ4v) is 2.39. The summed E-state index contributed by atoms with van der Waals surface area (Å²) in [5, 5.41) is 7.83. The van der Waals surface area contributed by atoms with Gasteiger partial charge in [-0.3, -0.25) is 4.68 Å². The van der Waals surface area contributed by atoms with Gasteiger partial charge in [-0.05, 0) is 31.7 Å². The quantitative estimate of drug-likeness (QED) is 0.800. The molecule has 1 heterocycles. The van der Waals surface area contributed by atoms with Crippen molar-refractivity contribution >= 4 is 0 Å². The molecule has 1 saturated carbocycles. The van der Waals surface area contributed by atoms with Crippen LogP contribution in [-0.4, -0.2) is 28.4 Å². The SMILES string of the molecule is Cc1cnn(CCNC2CCCC(N)C2)c1. The molecule has 3 N–H and O–H groups in total. The fraction of sp³-hybridized carbons (Fsp3) is 0.750. The number of aromatic nitrogens is 2. The molecule has 1 aromatic rings. The van der Waals surface area contributed by atoms with Crippen LogP contribution >= 0.6 is 0 Å². The van der Waals surface area contributed by atoms with E-state index in [1.165, 1.54) is 24.8 Å². The van der Waals surface area contributed by atoms with Gasteiger partial charge in [0.15, 0.2) is 0 Å². The highest BCUT2D eigenvalue weighted by atomic mass is 15.3. The highest BCUT2D eigenvalue weighted by Crippen LogP contribution is 2.16. The maximum atomic E-state index is 5.95. The first-order valence-corrected chi connectivity index (χ1v) is 6.22. The highest BCUT2D eigenvalue weighted by molar-refractivity contribution is 4.99. The topological polar surface area (TPSA) is 55.9 Å². The lowest BCUT2D eigenvalue weighted by molar-refractivity contribution is 0.334. The van der Waals surface area contributed by atoms with Gasteiger partial charge >= 0.3 is 0 Å². The Morgan fingerprint density at radius 2 is 2.44 bits per heavy atom. The Bertz CT molecular complexity index is 321. The molecule has 2 unspecified atom stereocenters. The molecule has 0 saturated heterocycles. The van der Waals surface area contributed by atoms with Crippen molar-refractivity contribution in [2.45, 2.75) is 51.2 Å². The molecule has 90 valence electrons. The molecule has 4 heteroatoms. The maximum absolute atomic E-state index is 5.95. The molecule has 0 aliphatic heterocycles. The Morgan fingerprint density at radius 3 is 3.12 bits per heavy atom. The monoisotopic (exact) mass is 222 g/mol. The Morgan fingerprint density at radius 1 is 1.56 bits per heavy atom. The first-order valence-electron chi connectivity index (χ1n) is 6.22. The molecule has 0 bridgehead atoms. The normalized spacial score (nSPS) is 25.9. The zero-order valence-electron chi connectivity index (χ0n) is 10.0. The zero-order valence-corrected chi connectivity index (χ0v) is 10.0. The Labute approximate surface area is 97.2 Å². The Balaban J connectivity index is 1.67. The van der Waals surface area contributed by atoms with Gasteiger partial charge in [-0.2, -0.15) is 5.10 Å². The van der Waals surface area contributed by atoms with Gasteiger partial charge in [-0.1, -0.05) is 6.42 Å². The minimum absolute atomic E-state index is 0.401. The van der Waals surface area contributed by atoms with Gasteiger partial charge in [-0.15, -0.1) is 0 Å². The molecule has 0 amide bonds. The van der Waals surface area contributed by atoms with Gasteiger partial charge in [0.2, 0.25) is 0 Å². The van der Waals surface area contributed by atoms with Gasteiger partial charge in [0, 0.05) is 24.8 Å². The lowest BCUT2D eigenvalue weighted by Gasteiger charge is -2.27. The number of nitrogens with two attached hydrogens (primary N) is 1. The second-order valence-corrected chi connectivity index (χ2v) is 4.86. The molecule has 1 fully saturated rings. The van der Waals surface area contributed by atoms with Crippen LogP contribution in [0.15, 0.2) is 12.4 Å². The number of hydrogen-bond acceptors (Lipinski definition) is 3. The van der Waals surface area contributed by atoms with Crippen LogP contribution in [0.3, 0.4) is 0 Å². The Hall–Kier alpha value is -0.870. The first kappa shape index (κ1) is 11.6. The second-order valence-electron chi connectivity index (χ2n) is 4.86. The predicted molar refractivity (Wildman–Crippen MR) is 65.2 cm³/mol. The maximum Gasteiger partial charge on any atom is 0.0534 e. The molecule has 2 atom stereocenters. The van der Waals surface area contributed by atoms with Crippen LogP contribution in [0.25, 0.3) is 0 Å². The molecule has 4 nitrogen and oxygen atoms in total. The minimum Gasteiger partial charge on any atom is -0.328 e. The summed E-state index contributed by atoms with van der Waals surface area (Å²) in [5.74, 6) is 0. The van der Waals surface area contributed by atoms with E-state index in [4.69, 9.17) is 5.73 Å². The van der Waals surface area contributed by atoms with E-state index >= 15 is 0 Å². The van der Waals surface area contributed by atoms with E-state index in [1.807, 2.05) is 10.9 Å². The van der Waals surface area contributed by atoms with Crippen molar-refractivity contribution in [2.75, 3.05) is 6.54 Å².